The number of aryl methyl sites for hydroxylation is 1. The van der Waals surface area contributed by atoms with Gasteiger partial charge in [0.2, 0.25) is 0 Å². The van der Waals surface area contributed by atoms with Crippen molar-refractivity contribution in [3.05, 3.63) is 41.0 Å². The maximum atomic E-state index is 12.8. The molecular weight excluding hydrogens is 389 g/mol. The molecule has 1 unspecified atom stereocenters. The highest BCUT2D eigenvalue weighted by Gasteiger charge is 2.49. The molecule has 1 atom stereocenters. The molecule has 27 heavy (non-hydrogen) atoms. The molecule has 0 saturated carbocycles. The zero-order chi connectivity index (χ0) is 20.6. The molecule has 0 heterocycles. The average molecular weight is 406 g/mol. The van der Waals surface area contributed by atoms with Crippen LogP contribution in [-0.4, -0.2) is 31.6 Å². The van der Waals surface area contributed by atoms with Gasteiger partial charge in [-0.15, -0.1) is 0 Å². The molecule has 10 heteroatoms. The van der Waals surface area contributed by atoms with Gasteiger partial charge < -0.3 is 14.0 Å². The zero-order valence-electron chi connectivity index (χ0n) is 14.6. The number of rotatable bonds is 5. The van der Waals surface area contributed by atoms with Crippen LogP contribution in [0.4, 0.5) is 13.2 Å². The van der Waals surface area contributed by atoms with E-state index in [1.54, 1.807) is 19.1 Å². The van der Waals surface area contributed by atoms with E-state index in [4.69, 9.17) is 4.74 Å². The van der Waals surface area contributed by atoms with Crippen molar-refractivity contribution in [2.75, 3.05) is 6.61 Å². The van der Waals surface area contributed by atoms with Crippen LogP contribution in [0.15, 0.2) is 24.3 Å². The number of ether oxygens (including phenoxy) is 1. The van der Waals surface area contributed by atoms with Gasteiger partial charge in [0.1, 0.15) is 0 Å². The fraction of sp³-hybridized carbons (Fsp3) is 0.353. The summed E-state index contributed by atoms with van der Waals surface area (Å²) in [6, 6.07) is 5.97. The summed E-state index contributed by atoms with van der Waals surface area (Å²) in [5.74, 6) is -1.89. The first kappa shape index (κ1) is 21.0. The van der Waals surface area contributed by atoms with Crippen molar-refractivity contribution < 1.29 is 40.4 Å². The molecule has 0 fully saturated rings. The Balaban J connectivity index is 2.84. The summed E-state index contributed by atoms with van der Waals surface area (Å²) in [4.78, 5) is 12.0. The predicted octanol–water partition coefficient (Wildman–Crippen LogP) is 3.28. The minimum absolute atomic E-state index is 0.00627. The highest BCUT2D eigenvalue weighted by molar-refractivity contribution is 7.88. The number of carbonyl (C=O) groups is 1. The lowest BCUT2D eigenvalue weighted by molar-refractivity contribution is -0.153. The molecule has 148 valence electrons. The molecule has 0 spiro atoms. The van der Waals surface area contributed by atoms with E-state index in [1.165, 1.54) is 26.0 Å². The van der Waals surface area contributed by atoms with E-state index in [9.17, 15) is 31.5 Å². The second-order valence-corrected chi connectivity index (χ2v) is 7.21. The standard InChI is InChI=1S/C17H17F3O6S/c1-4-25-16(22)14(21)13-10(3)9(2)11-7-5-6-8-12(11)15(13)26-27(23,24)17(18,19)20/h5-8,14,21H,4H2,1-3H3. The Morgan fingerprint density at radius 2 is 1.70 bits per heavy atom. The number of carbonyl (C=O) groups excluding carboxylic acids is 1. The number of halogens is 3. The fourth-order valence-corrected chi connectivity index (χ4v) is 3.14. The van der Waals surface area contributed by atoms with Crippen LogP contribution < -0.4 is 4.18 Å². The molecule has 0 aliphatic carbocycles. The Morgan fingerprint density at radius 1 is 1.15 bits per heavy atom. The van der Waals surface area contributed by atoms with Crippen LogP contribution in [0, 0.1) is 13.8 Å². The number of fused-ring (bicyclic) bond motifs is 1. The van der Waals surface area contributed by atoms with Gasteiger partial charge in [0.15, 0.2) is 11.9 Å². The number of hydrogen-bond donors (Lipinski definition) is 1. The summed E-state index contributed by atoms with van der Waals surface area (Å²) in [6.07, 6.45) is -2.02. The Labute approximate surface area is 153 Å². The van der Waals surface area contributed by atoms with Crippen LogP contribution >= 0.6 is 0 Å². The Kier molecular flexibility index (Phi) is 5.71. The summed E-state index contributed by atoms with van der Waals surface area (Å²) >= 11 is 0. The molecular formula is C17H17F3O6S. The Bertz CT molecular complexity index is 982. The molecule has 2 aromatic rings. The Hall–Kier alpha value is -2.33. The summed E-state index contributed by atoms with van der Waals surface area (Å²) < 4.78 is 70.8. The minimum Gasteiger partial charge on any atom is -0.464 e. The van der Waals surface area contributed by atoms with Crippen molar-refractivity contribution in [2.45, 2.75) is 32.4 Å². The van der Waals surface area contributed by atoms with Crippen molar-refractivity contribution in [3.63, 3.8) is 0 Å². The van der Waals surface area contributed by atoms with Gasteiger partial charge in [-0.1, -0.05) is 24.3 Å². The van der Waals surface area contributed by atoms with Crippen molar-refractivity contribution in [3.8, 4) is 5.75 Å². The summed E-state index contributed by atoms with van der Waals surface area (Å²) in [5, 5.41) is 10.8. The molecule has 0 radical (unpaired) electrons. The lowest BCUT2D eigenvalue weighted by Crippen LogP contribution is -2.29. The quantitative estimate of drug-likeness (QED) is 0.466. The Morgan fingerprint density at radius 3 is 2.22 bits per heavy atom. The second kappa shape index (κ2) is 7.35. The largest absolute Gasteiger partial charge is 0.534 e. The van der Waals surface area contributed by atoms with E-state index in [0.29, 0.717) is 10.9 Å². The second-order valence-electron chi connectivity index (χ2n) is 5.68. The number of hydrogen-bond acceptors (Lipinski definition) is 6. The number of aliphatic hydroxyl groups is 1. The number of esters is 1. The first-order chi connectivity index (χ1) is 12.4. The van der Waals surface area contributed by atoms with Gasteiger partial charge in [0.05, 0.1) is 6.61 Å². The molecule has 2 aromatic carbocycles. The van der Waals surface area contributed by atoms with Crippen LogP contribution in [0.5, 0.6) is 5.75 Å². The fourth-order valence-electron chi connectivity index (χ4n) is 2.64. The monoisotopic (exact) mass is 406 g/mol. The molecule has 1 N–H and O–H groups in total. The van der Waals surface area contributed by atoms with Crippen LogP contribution in [0.1, 0.15) is 29.7 Å². The normalized spacial score (nSPS) is 13.4. The third-order valence-electron chi connectivity index (χ3n) is 4.05. The maximum absolute atomic E-state index is 12.8. The number of benzene rings is 2. The number of alkyl halides is 3. The lowest BCUT2D eigenvalue weighted by Gasteiger charge is -2.22. The topological polar surface area (TPSA) is 89.9 Å². The van der Waals surface area contributed by atoms with Crippen LogP contribution in [-0.2, 0) is 19.6 Å². The van der Waals surface area contributed by atoms with Gasteiger partial charge in [-0.3, -0.25) is 0 Å². The SMILES string of the molecule is CCOC(=O)C(O)c1c(C)c(C)c2ccccc2c1OS(=O)(=O)C(F)(F)F. The van der Waals surface area contributed by atoms with Gasteiger partial charge in [-0.05, 0) is 37.3 Å². The van der Waals surface area contributed by atoms with Gasteiger partial charge in [0, 0.05) is 10.9 Å². The summed E-state index contributed by atoms with van der Waals surface area (Å²) in [7, 11) is -6.03. The molecule has 0 aromatic heterocycles. The first-order valence-corrected chi connectivity index (χ1v) is 9.20. The minimum atomic E-state index is -6.03. The van der Waals surface area contributed by atoms with Crippen LogP contribution in [0.2, 0.25) is 0 Å². The third-order valence-corrected chi connectivity index (χ3v) is 5.00. The molecule has 0 aliphatic rings. The summed E-state index contributed by atoms with van der Waals surface area (Å²) in [5.41, 5.74) is -5.32. The van der Waals surface area contributed by atoms with Gasteiger partial charge >= 0.3 is 21.6 Å². The van der Waals surface area contributed by atoms with E-state index >= 15 is 0 Å². The number of aliphatic hydroxyl groups excluding tert-OH is 1. The molecule has 0 saturated heterocycles. The predicted molar refractivity (Wildman–Crippen MR) is 90.6 cm³/mol. The van der Waals surface area contributed by atoms with Crippen LogP contribution in [0.3, 0.4) is 0 Å². The summed E-state index contributed by atoms with van der Waals surface area (Å²) in [6.45, 7) is 4.46. The van der Waals surface area contributed by atoms with E-state index in [-0.39, 0.29) is 17.6 Å². The molecule has 0 bridgehead atoms. The molecule has 2 rings (SSSR count). The van der Waals surface area contributed by atoms with Gasteiger partial charge in [-0.25, -0.2) is 4.79 Å². The highest BCUT2D eigenvalue weighted by Crippen LogP contribution is 2.41. The highest BCUT2D eigenvalue weighted by atomic mass is 32.2. The van der Waals surface area contributed by atoms with E-state index in [0.717, 1.165) is 0 Å². The lowest BCUT2D eigenvalue weighted by atomic mass is 9.92. The maximum Gasteiger partial charge on any atom is 0.534 e. The van der Waals surface area contributed by atoms with Crippen molar-refractivity contribution in [2.24, 2.45) is 0 Å². The smallest absolute Gasteiger partial charge is 0.464 e. The van der Waals surface area contributed by atoms with Gasteiger partial charge in [0.25, 0.3) is 0 Å². The average Bonchev–Trinajstić information content (AvgIpc) is 2.58. The molecule has 0 amide bonds. The molecule has 6 nitrogen and oxygen atoms in total. The van der Waals surface area contributed by atoms with Crippen molar-refractivity contribution in [1.29, 1.82) is 0 Å². The third kappa shape index (κ3) is 3.86. The van der Waals surface area contributed by atoms with Crippen molar-refractivity contribution in [1.82, 2.24) is 0 Å². The van der Waals surface area contributed by atoms with E-state index in [2.05, 4.69) is 4.18 Å². The van der Waals surface area contributed by atoms with E-state index < -0.39 is 39.0 Å². The van der Waals surface area contributed by atoms with Crippen molar-refractivity contribution >= 4 is 26.9 Å². The van der Waals surface area contributed by atoms with E-state index in [1.807, 2.05) is 0 Å². The zero-order valence-corrected chi connectivity index (χ0v) is 15.4. The molecule has 0 aliphatic heterocycles. The first-order valence-electron chi connectivity index (χ1n) is 7.79. The van der Waals surface area contributed by atoms with Gasteiger partial charge in [-0.2, -0.15) is 21.6 Å². The van der Waals surface area contributed by atoms with Crippen LogP contribution in [0.25, 0.3) is 10.8 Å².